The number of anilines is 1. The van der Waals surface area contributed by atoms with Crippen LogP contribution in [-0.2, 0) is 4.74 Å². The highest BCUT2D eigenvalue weighted by Crippen LogP contribution is 2.31. The lowest BCUT2D eigenvalue weighted by atomic mass is 10.1. The second-order valence-electron chi connectivity index (χ2n) is 6.26. The molecule has 4 rings (SSSR count). The Bertz CT molecular complexity index is 901. The van der Waals surface area contributed by atoms with Crippen LogP contribution in [0.3, 0.4) is 0 Å². The predicted octanol–water partition coefficient (Wildman–Crippen LogP) is 3.97. The summed E-state index contributed by atoms with van der Waals surface area (Å²) >= 11 is 2.92. The van der Waals surface area contributed by atoms with Gasteiger partial charge in [0.2, 0.25) is 5.13 Å². The Labute approximate surface area is 159 Å². The third-order valence-corrected chi connectivity index (χ3v) is 6.48. The van der Waals surface area contributed by atoms with Gasteiger partial charge in [-0.25, -0.2) is 0 Å². The van der Waals surface area contributed by atoms with Gasteiger partial charge >= 0.3 is 0 Å². The molecule has 3 heterocycles. The molecule has 1 aromatic carbocycles. The van der Waals surface area contributed by atoms with Gasteiger partial charge < -0.3 is 15.0 Å². The van der Waals surface area contributed by atoms with Crippen LogP contribution < -0.4 is 5.32 Å². The van der Waals surface area contributed by atoms with Crippen LogP contribution in [0.4, 0.5) is 5.13 Å². The van der Waals surface area contributed by atoms with E-state index in [1.54, 1.807) is 6.20 Å². The molecular formula is C18H20N4O2S2. The van der Waals surface area contributed by atoms with Gasteiger partial charge in [0, 0.05) is 35.8 Å². The van der Waals surface area contributed by atoms with Crippen LogP contribution in [-0.4, -0.2) is 45.5 Å². The largest absolute Gasteiger partial charge is 0.376 e. The van der Waals surface area contributed by atoms with E-state index >= 15 is 0 Å². The Kier molecular flexibility index (Phi) is 5.23. The zero-order chi connectivity index (χ0) is 17.9. The van der Waals surface area contributed by atoms with Crippen molar-refractivity contribution in [2.24, 2.45) is 0 Å². The fourth-order valence-electron chi connectivity index (χ4n) is 3.03. The van der Waals surface area contributed by atoms with E-state index in [1.807, 2.05) is 31.2 Å². The van der Waals surface area contributed by atoms with E-state index in [9.17, 15) is 4.79 Å². The Morgan fingerprint density at radius 3 is 3.19 bits per heavy atom. The normalized spacial score (nSPS) is 18.3. The van der Waals surface area contributed by atoms with Crippen LogP contribution in [0, 0.1) is 0 Å². The van der Waals surface area contributed by atoms with Crippen LogP contribution in [0.2, 0.25) is 0 Å². The Balaban J connectivity index is 1.38. The molecule has 0 aliphatic carbocycles. The number of ketones is 1. The number of rotatable bonds is 7. The number of ether oxygens (including phenoxy) is 1. The van der Waals surface area contributed by atoms with E-state index in [2.05, 4.69) is 20.5 Å². The van der Waals surface area contributed by atoms with Gasteiger partial charge in [-0.05, 0) is 25.8 Å². The van der Waals surface area contributed by atoms with E-state index in [-0.39, 0.29) is 17.1 Å². The summed E-state index contributed by atoms with van der Waals surface area (Å²) in [7, 11) is 0. The number of thioether (sulfide) groups is 1. The molecule has 0 unspecified atom stereocenters. The maximum Gasteiger partial charge on any atom is 0.206 e. The van der Waals surface area contributed by atoms with Crippen molar-refractivity contribution >= 4 is 44.9 Å². The van der Waals surface area contributed by atoms with Crippen molar-refractivity contribution in [3.8, 4) is 0 Å². The minimum atomic E-state index is -0.229. The first-order valence-electron chi connectivity index (χ1n) is 8.66. The summed E-state index contributed by atoms with van der Waals surface area (Å²) in [5.74, 6) is 0.0940. The lowest BCUT2D eigenvalue weighted by molar-refractivity contribution is 0.0995. The number of hydrogen-bond donors (Lipinski definition) is 2. The van der Waals surface area contributed by atoms with Gasteiger partial charge in [0.25, 0.3) is 0 Å². The van der Waals surface area contributed by atoms with Crippen molar-refractivity contribution in [3.63, 3.8) is 0 Å². The minimum Gasteiger partial charge on any atom is -0.376 e. The summed E-state index contributed by atoms with van der Waals surface area (Å²) in [5, 5.41) is 13.1. The number of aromatic amines is 1. The highest BCUT2D eigenvalue weighted by atomic mass is 32.2. The molecule has 3 aromatic rings. The molecule has 1 saturated heterocycles. The molecule has 2 N–H and O–H groups in total. The topological polar surface area (TPSA) is 79.9 Å². The van der Waals surface area contributed by atoms with Crippen LogP contribution in [0.5, 0.6) is 0 Å². The summed E-state index contributed by atoms with van der Waals surface area (Å²) in [4.78, 5) is 16.0. The van der Waals surface area contributed by atoms with Gasteiger partial charge in [0.15, 0.2) is 10.1 Å². The average Bonchev–Trinajstić information content (AvgIpc) is 3.40. The smallest absolute Gasteiger partial charge is 0.206 e. The number of benzene rings is 1. The van der Waals surface area contributed by atoms with Crippen molar-refractivity contribution in [1.82, 2.24) is 15.2 Å². The second-order valence-corrected chi connectivity index (χ2v) is 8.83. The molecule has 2 aromatic heterocycles. The van der Waals surface area contributed by atoms with Gasteiger partial charge in [-0.15, -0.1) is 10.2 Å². The average molecular weight is 389 g/mol. The second kappa shape index (κ2) is 7.77. The van der Waals surface area contributed by atoms with E-state index in [4.69, 9.17) is 4.74 Å². The van der Waals surface area contributed by atoms with Crippen molar-refractivity contribution < 1.29 is 9.53 Å². The SMILES string of the molecule is C[C@H](Sc1nnc(NC[C@@H]2CCCO2)s1)C(=O)c1c[nH]c2ccccc12. The number of para-hydroxylation sites is 1. The maximum absolute atomic E-state index is 12.8. The molecule has 0 amide bonds. The predicted molar refractivity (Wildman–Crippen MR) is 105 cm³/mol. The Morgan fingerprint density at radius 2 is 2.35 bits per heavy atom. The number of aromatic nitrogens is 3. The maximum atomic E-state index is 12.8. The minimum absolute atomic E-state index is 0.0940. The lowest BCUT2D eigenvalue weighted by Crippen LogP contribution is -2.18. The van der Waals surface area contributed by atoms with Crippen LogP contribution in [0.25, 0.3) is 10.9 Å². The molecule has 0 saturated carbocycles. The molecule has 1 fully saturated rings. The zero-order valence-electron chi connectivity index (χ0n) is 14.4. The molecule has 1 aliphatic rings. The quantitative estimate of drug-likeness (QED) is 0.471. The summed E-state index contributed by atoms with van der Waals surface area (Å²) < 4.78 is 6.39. The van der Waals surface area contributed by atoms with E-state index in [0.717, 1.165) is 51.9 Å². The molecule has 2 atom stereocenters. The highest BCUT2D eigenvalue weighted by molar-refractivity contribution is 8.02. The van der Waals surface area contributed by atoms with Gasteiger partial charge in [-0.2, -0.15) is 0 Å². The number of hydrogen-bond acceptors (Lipinski definition) is 7. The van der Waals surface area contributed by atoms with Crippen LogP contribution >= 0.6 is 23.1 Å². The van der Waals surface area contributed by atoms with E-state index in [1.165, 1.54) is 23.1 Å². The summed E-state index contributed by atoms with van der Waals surface area (Å²) in [6.07, 6.45) is 4.26. The number of Topliss-reactive ketones (excluding diaryl/α,β-unsaturated/α-hetero) is 1. The van der Waals surface area contributed by atoms with E-state index in [0.29, 0.717) is 0 Å². The van der Waals surface area contributed by atoms with Gasteiger partial charge in [0.05, 0.1) is 11.4 Å². The van der Waals surface area contributed by atoms with Gasteiger partial charge in [0.1, 0.15) is 0 Å². The first-order chi connectivity index (χ1) is 12.7. The van der Waals surface area contributed by atoms with Gasteiger partial charge in [-0.1, -0.05) is 41.3 Å². The molecule has 0 bridgehead atoms. The standard InChI is InChI=1S/C18H20N4O2S2/c1-11(16(23)14-10-19-15-7-3-2-6-13(14)15)25-18-22-21-17(26-18)20-9-12-5-4-8-24-12/h2-3,6-7,10-12,19H,4-5,8-9H2,1H3,(H,20,21)/t11-,12-/m0/s1. The molecule has 136 valence electrons. The van der Waals surface area contributed by atoms with Crippen LogP contribution in [0.1, 0.15) is 30.1 Å². The number of fused-ring (bicyclic) bond motifs is 1. The number of H-pyrrole nitrogens is 1. The fourth-order valence-corrected chi connectivity index (χ4v) is 5.01. The first-order valence-corrected chi connectivity index (χ1v) is 10.4. The molecule has 6 nitrogen and oxygen atoms in total. The summed E-state index contributed by atoms with van der Waals surface area (Å²) in [6, 6.07) is 7.84. The highest BCUT2D eigenvalue weighted by Gasteiger charge is 2.22. The zero-order valence-corrected chi connectivity index (χ0v) is 16.0. The van der Waals surface area contributed by atoms with Crippen molar-refractivity contribution in [2.75, 3.05) is 18.5 Å². The van der Waals surface area contributed by atoms with Gasteiger partial charge in [-0.3, -0.25) is 4.79 Å². The number of nitrogens with zero attached hydrogens (tertiary/aromatic N) is 2. The third kappa shape index (κ3) is 3.77. The monoisotopic (exact) mass is 388 g/mol. The molecule has 0 radical (unpaired) electrons. The van der Waals surface area contributed by atoms with E-state index < -0.39 is 0 Å². The lowest BCUT2D eigenvalue weighted by Gasteiger charge is -2.08. The number of nitrogens with one attached hydrogen (secondary N) is 2. The molecule has 1 aliphatic heterocycles. The summed E-state index contributed by atoms with van der Waals surface area (Å²) in [5.41, 5.74) is 1.70. The number of carbonyl (C=O) groups excluding carboxylic acids is 1. The Morgan fingerprint density at radius 1 is 1.46 bits per heavy atom. The van der Waals surface area contributed by atoms with Crippen LogP contribution in [0.15, 0.2) is 34.8 Å². The Hall–Kier alpha value is -1.90. The molecule has 8 heteroatoms. The van der Waals surface area contributed by atoms with Crippen molar-refractivity contribution in [2.45, 2.75) is 35.5 Å². The molecular weight excluding hydrogens is 368 g/mol. The van der Waals surface area contributed by atoms with Crippen molar-refractivity contribution in [1.29, 1.82) is 0 Å². The first kappa shape index (κ1) is 17.5. The molecule has 0 spiro atoms. The molecule has 26 heavy (non-hydrogen) atoms. The third-order valence-electron chi connectivity index (χ3n) is 4.41. The summed E-state index contributed by atoms with van der Waals surface area (Å²) in [6.45, 7) is 3.51. The number of carbonyl (C=O) groups is 1. The van der Waals surface area contributed by atoms with Crippen molar-refractivity contribution in [3.05, 3.63) is 36.0 Å². The fraction of sp³-hybridized carbons (Fsp3) is 0.389.